The molecule has 1 unspecified atom stereocenters. The van der Waals surface area contributed by atoms with E-state index in [-0.39, 0.29) is 6.04 Å². The molecule has 1 atom stereocenters. The number of hydrogen-bond donors (Lipinski definition) is 2. The average Bonchev–Trinajstić information content (AvgIpc) is 2.92. The zero-order chi connectivity index (χ0) is 14.5. The zero-order valence-corrected chi connectivity index (χ0v) is 13.0. The Hall–Kier alpha value is -1.75. The van der Waals surface area contributed by atoms with Gasteiger partial charge in [0.1, 0.15) is 10.8 Å². The van der Waals surface area contributed by atoms with Crippen LogP contribution in [0.4, 0.5) is 11.4 Å². The van der Waals surface area contributed by atoms with Crippen LogP contribution in [-0.4, -0.2) is 11.6 Å². The van der Waals surface area contributed by atoms with Gasteiger partial charge in [-0.15, -0.1) is 11.3 Å². The first-order valence-corrected chi connectivity index (χ1v) is 7.69. The van der Waals surface area contributed by atoms with E-state index in [0.717, 1.165) is 22.9 Å². The molecule has 3 N–H and O–H groups in total. The smallest absolute Gasteiger partial charge is 0.144 e. The molecular formula is C15H21N3OS. The van der Waals surface area contributed by atoms with Gasteiger partial charge in [-0.3, -0.25) is 0 Å². The molecule has 0 aliphatic heterocycles. The number of nitrogens with zero attached hydrogens (tertiary/aromatic N) is 1. The Morgan fingerprint density at radius 3 is 2.85 bits per heavy atom. The van der Waals surface area contributed by atoms with Crippen molar-refractivity contribution in [1.82, 2.24) is 4.98 Å². The van der Waals surface area contributed by atoms with E-state index in [4.69, 9.17) is 10.5 Å². The van der Waals surface area contributed by atoms with Crippen LogP contribution >= 0.6 is 11.3 Å². The minimum atomic E-state index is 0.165. The van der Waals surface area contributed by atoms with Crippen molar-refractivity contribution in [2.75, 3.05) is 17.7 Å². The Bertz CT molecular complexity index is 568. The third-order valence-electron chi connectivity index (χ3n) is 2.99. The van der Waals surface area contributed by atoms with Gasteiger partial charge in [-0.25, -0.2) is 4.98 Å². The summed E-state index contributed by atoms with van der Waals surface area (Å²) in [7, 11) is 0. The Morgan fingerprint density at radius 1 is 1.40 bits per heavy atom. The number of nitrogen functional groups attached to an aromatic ring is 1. The van der Waals surface area contributed by atoms with E-state index in [9.17, 15) is 0 Å². The SMILES string of the molecule is CCOc1cc(NC(C)c2ncc(CC)s2)ccc1N. The quantitative estimate of drug-likeness (QED) is 0.793. The molecule has 1 heterocycles. The van der Waals surface area contributed by atoms with Crippen LogP contribution < -0.4 is 15.8 Å². The van der Waals surface area contributed by atoms with E-state index >= 15 is 0 Å². The molecule has 0 saturated heterocycles. The molecule has 2 rings (SSSR count). The first-order valence-electron chi connectivity index (χ1n) is 6.87. The van der Waals surface area contributed by atoms with Gasteiger partial charge in [-0.2, -0.15) is 0 Å². The molecule has 4 nitrogen and oxygen atoms in total. The zero-order valence-electron chi connectivity index (χ0n) is 12.1. The van der Waals surface area contributed by atoms with Crippen LogP contribution in [0.2, 0.25) is 0 Å². The summed E-state index contributed by atoms with van der Waals surface area (Å²) in [6.45, 7) is 6.80. The number of anilines is 2. The molecule has 0 aliphatic carbocycles. The summed E-state index contributed by atoms with van der Waals surface area (Å²) in [6, 6.07) is 5.92. The molecule has 0 aliphatic rings. The highest BCUT2D eigenvalue weighted by Gasteiger charge is 2.11. The van der Waals surface area contributed by atoms with Crippen LogP contribution in [0.5, 0.6) is 5.75 Å². The van der Waals surface area contributed by atoms with E-state index in [1.165, 1.54) is 4.88 Å². The Labute approximate surface area is 124 Å². The van der Waals surface area contributed by atoms with Gasteiger partial charge in [0.05, 0.1) is 18.3 Å². The molecular weight excluding hydrogens is 270 g/mol. The fraction of sp³-hybridized carbons (Fsp3) is 0.400. The number of aromatic nitrogens is 1. The molecule has 5 heteroatoms. The largest absolute Gasteiger partial charge is 0.492 e. The summed E-state index contributed by atoms with van der Waals surface area (Å²) in [4.78, 5) is 5.77. The van der Waals surface area contributed by atoms with Crippen LogP contribution in [0, 0.1) is 0 Å². The van der Waals surface area contributed by atoms with Crippen molar-refractivity contribution in [2.24, 2.45) is 0 Å². The number of nitrogens with one attached hydrogen (secondary N) is 1. The van der Waals surface area contributed by atoms with Gasteiger partial charge in [0.15, 0.2) is 0 Å². The molecule has 1 aromatic carbocycles. The van der Waals surface area contributed by atoms with Crippen molar-refractivity contribution in [1.29, 1.82) is 0 Å². The highest BCUT2D eigenvalue weighted by Crippen LogP contribution is 2.29. The molecule has 0 amide bonds. The highest BCUT2D eigenvalue weighted by molar-refractivity contribution is 7.11. The van der Waals surface area contributed by atoms with Crippen molar-refractivity contribution in [3.05, 3.63) is 34.3 Å². The molecule has 20 heavy (non-hydrogen) atoms. The lowest BCUT2D eigenvalue weighted by molar-refractivity contribution is 0.342. The second-order valence-corrected chi connectivity index (χ2v) is 5.72. The van der Waals surface area contributed by atoms with Crippen molar-refractivity contribution in [2.45, 2.75) is 33.2 Å². The lowest BCUT2D eigenvalue weighted by Crippen LogP contribution is -2.06. The van der Waals surface area contributed by atoms with Crippen LogP contribution in [0.25, 0.3) is 0 Å². The van der Waals surface area contributed by atoms with Crippen molar-refractivity contribution in [3.63, 3.8) is 0 Å². The maximum Gasteiger partial charge on any atom is 0.144 e. The number of ether oxygens (including phenoxy) is 1. The molecule has 2 aromatic rings. The monoisotopic (exact) mass is 291 g/mol. The second kappa shape index (κ2) is 6.61. The Kier molecular flexibility index (Phi) is 4.84. The van der Waals surface area contributed by atoms with Gasteiger partial charge in [0.2, 0.25) is 0 Å². The summed E-state index contributed by atoms with van der Waals surface area (Å²) >= 11 is 1.75. The second-order valence-electron chi connectivity index (χ2n) is 4.57. The Balaban J connectivity index is 2.10. The maximum absolute atomic E-state index is 5.88. The molecule has 0 bridgehead atoms. The van der Waals surface area contributed by atoms with Crippen LogP contribution in [0.1, 0.15) is 36.7 Å². The molecule has 108 valence electrons. The number of nitrogens with two attached hydrogens (primary N) is 1. The van der Waals surface area contributed by atoms with Gasteiger partial charge in [-0.1, -0.05) is 6.92 Å². The van der Waals surface area contributed by atoms with Gasteiger partial charge in [0.25, 0.3) is 0 Å². The summed E-state index contributed by atoms with van der Waals surface area (Å²) in [5.74, 6) is 0.720. The molecule has 0 radical (unpaired) electrons. The van der Waals surface area contributed by atoms with E-state index in [2.05, 4.69) is 24.1 Å². The van der Waals surface area contributed by atoms with E-state index in [0.29, 0.717) is 12.3 Å². The van der Waals surface area contributed by atoms with Crippen LogP contribution in [0.3, 0.4) is 0 Å². The first-order chi connectivity index (χ1) is 9.63. The van der Waals surface area contributed by atoms with Gasteiger partial charge in [-0.05, 0) is 32.4 Å². The fourth-order valence-electron chi connectivity index (χ4n) is 1.90. The normalized spacial score (nSPS) is 12.2. The van der Waals surface area contributed by atoms with E-state index < -0.39 is 0 Å². The summed E-state index contributed by atoms with van der Waals surface area (Å²) in [5, 5.41) is 4.53. The van der Waals surface area contributed by atoms with Crippen LogP contribution in [0.15, 0.2) is 24.4 Å². The summed E-state index contributed by atoms with van der Waals surface area (Å²) < 4.78 is 5.51. The number of rotatable bonds is 6. The number of hydrogen-bond acceptors (Lipinski definition) is 5. The minimum absolute atomic E-state index is 0.165. The predicted octanol–water partition coefficient (Wildman–Crippen LogP) is 3.86. The molecule has 1 aromatic heterocycles. The topological polar surface area (TPSA) is 60.2 Å². The third kappa shape index (κ3) is 3.42. The van der Waals surface area contributed by atoms with Crippen LogP contribution in [-0.2, 0) is 6.42 Å². The lowest BCUT2D eigenvalue weighted by atomic mass is 10.2. The van der Waals surface area contributed by atoms with E-state index in [1.54, 1.807) is 11.3 Å². The fourth-order valence-corrected chi connectivity index (χ4v) is 2.76. The number of benzene rings is 1. The van der Waals surface area contributed by atoms with Crippen molar-refractivity contribution in [3.8, 4) is 5.75 Å². The van der Waals surface area contributed by atoms with Gasteiger partial charge in [0, 0.05) is 22.8 Å². The third-order valence-corrected chi connectivity index (χ3v) is 4.31. The highest BCUT2D eigenvalue weighted by atomic mass is 32.1. The molecule has 0 spiro atoms. The van der Waals surface area contributed by atoms with Crippen molar-refractivity contribution >= 4 is 22.7 Å². The predicted molar refractivity (Wildman–Crippen MR) is 85.6 cm³/mol. The van der Waals surface area contributed by atoms with Crippen molar-refractivity contribution < 1.29 is 4.74 Å². The molecule has 0 saturated carbocycles. The van der Waals surface area contributed by atoms with Gasteiger partial charge < -0.3 is 15.8 Å². The minimum Gasteiger partial charge on any atom is -0.492 e. The summed E-state index contributed by atoms with van der Waals surface area (Å²) in [6.07, 6.45) is 2.98. The molecule has 0 fully saturated rings. The number of thiazole rings is 1. The van der Waals surface area contributed by atoms with Gasteiger partial charge >= 0.3 is 0 Å². The number of aryl methyl sites for hydroxylation is 1. The maximum atomic E-state index is 5.88. The lowest BCUT2D eigenvalue weighted by Gasteiger charge is -2.15. The first kappa shape index (κ1) is 14.7. The average molecular weight is 291 g/mol. The summed E-state index contributed by atoms with van der Waals surface area (Å²) in [5.41, 5.74) is 7.52. The standard InChI is InChI=1S/C15H21N3OS/c1-4-12-9-17-15(20-12)10(3)18-11-6-7-13(16)14(8-11)19-5-2/h6-10,18H,4-5,16H2,1-3H3. The van der Waals surface area contributed by atoms with E-state index in [1.807, 2.05) is 31.3 Å². The Morgan fingerprint density at radius 2 is 2.20 bits per heavy atom.